The summed E-state index contributed by atoms with van der Waals surface area (Å²) in [5.41, 5.74) is 29.2. The smallest absolute Gasteiger partial charge is 0.245 e. The summed E-state index contributed by atoms with van der Waals surface area (Å²) in [6.07, 6.45) is -0.760. The Labute approximate surface area is 482 Å². The SMILES string of the molecule is CC[C@H](C)CCCCC(=O)N[C@@H](CCN)C(=O)N[C@H](C(=O)N[C@@H](CCN)C(=O)NC1CCNC(=O)C([C@@H](C)O)NC(=O)[C@H](CCN)NC(=O)[C@H](CCN)NC(=O)[C@H](CC(C)C)NC(=O)[C@@H](CC(C)C)NC(=O)C(CCN)NC1=O)[C@@H](C)O. The maximum atomic E-state index is 14.4. The van der Waals surface area contributed by atoms with E-state index in [1.165, 1.54) is 13.8 Å². The van der Waals surface area contributed by atoms with Crippen molar-refractivity contribution < 1.29 is 63.0 Å². The van der Waals surface area contributed by atoms with Crippen LogP contribution in [0.5, 0.6) is 0 Å². The molecule has 1 heterocycles. The van der Waals surface area contributed by atoms with Crippen LogP contribution in [0.2, 0.25) is 0 Å². The maximum Gasteiger partial charge on any atom is 0.245 e. The van der Waals surface area contributed by atoms with E-state index in [1.807, 2.05) is 0 Å². The molecule has 1 aliphatic heterocycles. The topological polar surface area (TPSA) is 491 Å². The van der Waals surface area contributed by atoms with Gasteiger partial charge in [0.2, 0.25) is 65.0 Å². The van der Waals surface area contributed by atoms with E-state index in [1.54, 1.807) is 27.7 Å². The highest BCUT2D eigenvalue weighted by Gasteiger charge is 2.37. The predicted molar refractivity (Wildman–Crippen MR) is 305 cm³/mol. The van der Waals surface area contributed by atoms with Crippen LogP contribution in [0.3, 0.4) is 0 Å². The zero-order chi connectivity index (χ0) is 62.2. The summed E-state index contributed by atoms with van der Waals surface area (Å²) >= 11 is 0. The first kappa shape index (κ1) is 73.9. The molecule has 11 amide bonds. The number of unbranched alkanes of at least 4 members (excludes halogenated alkanes) is 1. The van der Waals surface area contributed by atoms with E-state index in [4.69, 9.17) is 28.7 Å². The van der Waals surface area contributed by atoms with Gasteiger partial charge in [-0.1, -0.05) is 60.8 Å². The highest BCUT2D eigenvalue weighted by Crippen LogP contribution is 2.14. The van der Waals surface area contributed by atoms with Crippen LogP contribution in [0.1, 0.15) is 139 Å². The number of aliphatic hydroxyl groups excluding tert-OH is 2. The van der Waals surface area contributed by atoms with Crippen molar-refractivity contribution in [1.29, 1.82) is 0 Å². The number of aliphatic hydroxyl groups is 2. The van der Waals surface area contributed by atoms with Crippen molar-refractivity contribution in [2.75, 3.05) is 39.3 Å². The fourth-order valence-electron chi connectivity index (χ4n) is 8.76. The molecule has 0 spiro atoms. The molecule has 1 fully saturated rings. The molecule has 470 valence electrons. The standard InChI is InChI=1S/C53H100N16O13/c1-9-30(6)12-10-11-13-41(72)60-33(14-20-54)48(77)69-43(32(8)71)53(82)65-36(17-23-57)45(74)64-38-19-25-59-52(81)42(31(7)70)68-49(78)37(18-24-58)62-44(73)34(15-21-55)63-50(79)39(26-28(2)3)67-51(80)40(27-29(4)5)66-46(75)35(16-22-56)61-47(38)76/h28-40,42-43,70-71H,9-27,54-58H2,1-8H3,(H,59,81)(H,60,72)(H,61,76)(H,62,73)(H,63,79)(H,64,74)(H,65,82)(H,66,75)(H,67,80)(H,68,78)(H,69,77)/t30-,31+,32+,33-,34-,35?,36-,37-,38?,39-,40+,42?,43-/m0/s1. The summed E-state index contributed by atoms with van der Waals surface area (Å²) in [6, 6.07) is -14.5. The minimum absolute atomic E-state index is 0.0131. The second-order valence-electron chi connectivity index (χ2n) is 22.0. The number of carbonyl (C=O) groups is 11. The van der Waals surface area contributed by atoms with Crippen LogP contribution in [0.15, 0.2) is 0 Å². The molecular formula is C53H100N16O13. The Morgan fingerprint density at radius 2 is 0.963 bits per heavy atom. The van der Waals surface area contributed by atoms with Gasteiger partial charge in [-0.3, -0.25) is 52.7 Å². The van der Waals surface area contributed by atoms with E-state index in [9.17, 15) is 63.0 Å². The average Bonchev–Trinajstić information content (AvgIpc) is 3.41. The van der Waals surface area contributed by atoms with E-state index < -0.39 is 151 Å². The normalized spacial score (nSPS) is 23.4. The third-order valence-corrected chi connectivity index (χ3v) is 13.7. The number of nitrogens with one attached hydrogen (secondary N) is 11. The Morgan fingerprint density at radius 3 is 1.39 bits per heavy atom. The van der Waals surface area contributed by atoms with Gasteiger partial charge in [0.15, 0.2) is 0 Å². The zero-order valence-electron chi connectivity index (χ0n) is 49.4. The van der Waals surface area contributed by atoms with E-state index in [0.29, 0.717) is 12.3 Å². The molecule has 0 saturated carbocycles. The van der Waals surface area contributed by atoms with Crippen LogP contribution in [0.4, 0.5) is 0 Å². The molecule has 29 nitrogen and oxygen atoms in total. The number of hydrogen-bond acceptors (Lipinski definition) is 18. The van der Waals surface area contributed by atoms with Gasteiger partial charge in [-0.2, -0.15) is 0 Å². The van der Waals surface area contributed by atoms with Crippen molar-refractivity contribution in [3.8, 4) is 0 Å². The molecule has 0 aromatic carbocycles. The van der Waals surface area contributed by atoms with Crippen LogP contribution in [-0.4, -0.2) is 187 Å². The Balaban J connectivity index is 3.81. The predicted octanol–water partition coefficient (Wildman–Crippen LogP) is -5.44. The molecule has 0 aromatic heterocycles. The Morgan fingerprint density at radius 1 is 0.524 bits per heavy atom. The van der Waals surface area contributed by atoms with Crippen molar-refractivity contribution in [2.24, 2.45) is 46.4 Å². The summed E-state index contributed by atoms with van der Waals surface area (Å²) in [5.74, 6) is -9.49. The fourth-order valence-corrected chi connectivity index (χ4v) is 8.76. The Kier molecular flexibility index (Phi) is 35.5. The van der Waals surface area contributed by atoms with Gasteiger partial charge in [0.1, 0.15) is 60.4 Å². The molecule has 0 radical (unpaired) electrons. The van der Waals surface area contributed by atoms with E-state index in [2.05, 4.69) is 72.3 Å². The van der Waals surface area contributed by atoms with Gasteiger partial charge < -0.3 is 97.4 Å². The Bertz CT molecular complexity index is 2070. The first-order valence-corrected chi connectivity index (χ1v) is 28.8. The van der Waals surface area contributed by atoms with Crippen molar-refractivity contribution in [2.45, 2.75) is 211 Å². The maximum absolute atomic E-state index is 14.4. The van der Waals surface area contributed by atoms with Gasteiger partial charge in [-0.15, -0.1) is 0 Å². The lowest BCUT2D eigenvalue weighted by Gasteiger charge is -2.29. The fraction of sp³-hybridized carbons (Fsp3) is 0.792. The van der Waals surface area contributed by atoms with Crippen molar-refractivity contribution >= 4 is 65.0 Å². The second-order valence-corrected chi connectivity index (χ2v) is 22.0. The zero-order valence-corrected chi connectivity index (χ0v) is 49.4. The van der Waals surface area contributed by atoms with Gasteiger partial charge >= 0.3 is 0 Å². The number of carbonyl (C=O) groups excluding carboxylic acids is 11. The van der Waals surface area contributed by atoms with E-state index in [-0.39, 0.29) is 95.9 Å². The lowest BCUT2D eigenvalue weighted by atomic mass is 9.99. The summed E-state index contributed by atoms with van der Waals surface area (Å²) in [5, 5.41) is 49.5. The number of amides is 11. The third-order valence-electron chi connectivity index (χ3n) is 13.7. The largest absolute Gasteiger partial charge is 0.391 e. The van der Waals surface area contributed by atoms with Gasteiger partial charge in [-0.25, -0.2) is 0 Å². The minimum Gasteiger partial charge on any atom is -0.391 e. The first-order chi connectivity index (χ1) is 38.7. The first-order valence-electron chi connectivity index (χ1n) is 28.8. The summed E-state index contributed by atoms with van der Waals surface area (Å²) < 4.78 is 0. The van der Waals surface area contributed by atoms with Crippen LogP contribution in [0, 0.1) is 17.8 Å². The molecule has 13 atom stereocenters. The van der Waals surface area contributed by atoms with Gasteiger partial charge in [0.05, 0.1) is 12.2 Å². The van der Waals surface area contributed by atoms with Gasteiger partial charge in [-0.05, 0) is 122 Å². The highest BCUT2D eigenvalue weighted by atomic mass is 16.3. The summed E-state index contributed by atoms with van der Waals surface area (Å²) in [7, 11) is 0. The molecule has 82 heavy (non-hydrogen) atoms. The Hall–Kier alpha value is -6.11. The average molecular weight is 1170 g/mol. The van der Waals surface area contributed by atoms with E-state index in [0.717, 1.165) is 19.3 Å². The second kappa shape index (κ2) is 39.4. The van der Waals surface area contributed by atoms with E-state index >= 15 is 0 Å². The van der Waals surface area contributed by atoms with Crippen LogP contribution < -0.4 is 87.2 Å². The summed E-state index contributed by atoms with van der Waals surface area (Å²) in [6.45, 7) is 12.6. The van der Waals surface area contributed by atoms with Crippen LogP contribution in [-0.2, 0) is 52.7 Å². The van der Waals surface area contributed by atoms with Crippen molar-refractivity contribution in [3.05, 3.63) is 0 Å². The molecular weight excluding hydrogens is 1070 g/mol. The molecule has 1 aliphatic rings. The monoisotopic (exact) mass is 1170 g/mol. The van der Waals surface area contributed by atoms with Crippen LogP contribution >= 0.6 is 0 Å². The lowest BCUT2D eigenvalue weighted by Crippen LogP contribution is -2.62. The molecule has 1 saturated heterocycles. The van der Waals surface area contributed by atoms with Gasteiger partial charge in [0, 0.05) is 13.0 Å². The molecule has 23 N–H and O–H groups in total. The molecule has 0 aliphatic carbocycles. The van der Waals surface area contributed by atoms with Crippen LogP contribution in [0.25, 0.3) is 0 Å². The van der Waals surface area contributed by atoms with Gasteiger partial charge in [0.25, 0.3) is 0 Å². The molecule has 3 unspecified atom stereocenters. The van der Waals surface area contributed by atoms with Crippen molar-refractivity contribution in [1.82, 2.24) is 58.5 Å². The molecule has 1 rings (SSSR count). The number of rotatable bonds is 29. The summed E-state index contributed by atoms with van der Waals surface area (Å²) in [4.78, 5) is 153. The molecule has 0 bridgehead atoms. The van der Waals surface area contributed by atoms with Crippen molar-refractivity contribution in [3.63, 3.8) is 0 Å². The third kappa shape index (κ3) is 27.3. The molecule has 0 aromatic rings. The number of hydrogen-bond donors (Lipinski definition) is 18. The quantitative estimate of drug-likeness (QED) is 0.0311. The number of nitrogens with two attached hydrogens (primary N) is 5. The highest BCUT2D eigenvalue weighted by molar-refractivity contribution is 5.99. The minimum atomic E-state index is -1.69. The lowest BCUT2D eigenvalue weighted by molar-refractivity contribution is -0.137. The molecule has 29 heteroatoms.